The lowest BCUT2D eigenvalue weighted by molar-refractivity contribution is -0.141. The van der Waals surface area contributed by atoms with Gasteiger partial charge in [-0.05, 0) is 60.2 Å². The summed E-state index contributed by atoms with van der Waals surface area (Å²) in [5.74, 6) is -0.406. The normalized spacial score (nSPS) is 14.2. The zero-order chi connectivity index (χ0) is 30.8. The second kappa shape index (κ2) is 14.9. The summed E-state index contributed by atoms with van der Waals surface area (Å²) >= 11 is 0. The highest BCUT2D eigenvalue weighted by atomic mass is 32.2. The van der Waals surface area contributed by atoms with Crippen molar-refractivity contribution >= 4 is 21.8 Å². The molecular weight excluding hydrogens is 572 g/mol. The van der Waals surface area contributed by atoms with Crippen molar-refractivity contribution < 1.29 is 18.0 Å². The molecule has 1 aliphatic heterocycles. The van der Waals surface area contributed by atoms with E-state index in [0.717, 1.165) is 35.2 Å². The summed E-state index contributed by atoms with van der Waals surface area (Å²) in [7, 11) is -3.50. The average molecular weight is 611 g/mol. The molecule has 2 heterocycles. The van der Waals surface area contributed by atoms with E-state index in [1.807, 2.05) is 78.9 Å². The molecule has 1 aromatic heterocycles. The number of nitrogens with one attached hydrogen (secondary N) is 1. The first-order valence-electron chi connectivity index (χ1n) is 15.0. The molecule has 1 aliphatic rings. The molecule has 1 atom stereocenters. The van der Waals surface area contributed by atoms with Crippen LogP contribution >= 0.6 is 0 Å². The van der Waals surface area contributed by atoms with Gasteiger partial charge in [0.05, 0.1) is 17.1 Å². The summed E-state index contributed by atoms with van der Waals surface area (Å²) in [4.78, 5) is 34.0. The Balaban J connectivity index is 1.35. The molecule has 3 aromatic carbocycles. The Hall–Kier alpha value is -4.34. The van der Waals surface area contributed by atoms with Crippen molar-refractivity contribution in [3.8, 4) is 0 Å². The van der Waals surface area contributed by atoms with Crippen LogP contribution in [0.2, 0.25) is 0 Å². The number of rotatable bonds is 13. The van der Waals surface area contributed by atoms with Crippen molar-refractivity contribution in [3.05, 3.63) is 132 Å². The third-order valence-corrected chi connectivity index (χ3v) is 9.80. The second-order valence-electron chi connectivity index (χ2n) is 11.0. The van der Waals surface area contributed by atoms with Crippen LogP contribution in [-0.4, -0.2) is 53.6 Å². The first-order chi connectivity index (χ1) is 21.4. The highest BCUT2D eigenvalue weighted by Crippen LogP contribution is 2.22. The van der Waals surface area contributed by atoms with Crippen molar-refractivity contribution in [1.82, 2.24) is 19.5 Å². The summed E-state index contributed by atoms with van der Waals surface area (Å²) in [5.41, 5.74) is 3.46. The molecule has 2 amide bonds. The molecule has 4 aromatic rings. The molecule has 0 aliphatic carbocycles. The number of carbonyl (C=O) groups excluding carboxylic acids is 2. The highest BCUT2D eigenvalue weighted by molar-refractivity contribution is 7.89. The fraction of sp³-hybridized carbons (Fsp3) is 0.286. The van der Waals surface area contributed by atoms with Gasteiger partial charge in [-0.25, -0.2) is 8.42 Å². The fourth-order valence-electron chi connectivity index (χ4n) is 5.43. The second-order valence-corrected chi connectivity index (χ2v) is 12.9. The van der Waals surface area contributed by atoms with Crippen molar-refractivity contribution in [2.45, 2.75) is 56.1 Å². The minimum absolute atomic E-state index is 0.156. The number of hydrogen-bond donors (Lipinski definition) is 1. The summed E-state index contributed by atoms with van der Waals surface area (Å²) in [6.07, 6.45) is 4.39. The van der Waals surface area contributed by atoms with Crippen LogP contribution in [0, 0.1) is 0 Å². The van der Waals surface area contributed by atoms with Gasteiger partial charge < -0.3 is 10.2 Å². The first-order valence-corrected chi connectivity index (χ1v) is 16.5. The Morgan fingerprint density at radius 3 is 2.07 bits per heavy atom. The first kappa shape index (κ1) is 31.1. The SMILES string of the molecule is O=C(NCc1ccccn1)[C@H](Cc1ccccc1)N(Cc1ccccc1)C(=O)CCc1ccc(S(=O)(=O)N2CCCC2)cc1. The molecular formula is C35H38N4O4S. The van der Waals surface area contributed by atoms with Crippen molar-refractivity contribution in [2.24, 2.45) is 0 Å². The highest BCUT2D eigenvalue weighted by Gasteiger charge is 2.31. The van der Waals surface area contributed by atoms with E-state index in [9.17, 15) is 18.0 Å². The molecule has 1 N–H and O–H groups in total. The number of aromatic nitrogens is 1. The largest absolute Gasteiger partial charge is 0.349 e. The van der Waals surface area contributed by atoms with E-state index in [0.29, 0.717) is 25.9 Å². The maximum atomic E-state index is 14.0. The number of aryl methyl sites for hydroxylation is 1. The van der Waals surface area contributed by atoms with E-state index in [1.54, 1.807) is 35.4 Å². The quantitative estimate of drug-likeness (QED) is 0.236. The van der Waals surface area contributed by atoms with Crippen LogP contribution in [0.25, 0.3) is 0 Å². The number of benzene rings is 3. The Morgan fingerprint density at radius 2 is 1.43 bits per heavy atom. The number of carbonyl (C=O) groups is 2. The Morgan fingerprint density at radius 1 is 0.795 bits per heavy atom. The molecule has 9 heteroatoms. The topological polar surface area (TPSA) is 99.7 Å². The third kappa shape index (κ3) is 8.18. The zero-order valence-corrected chi connectivity index (χ0v) is 25.5. The minimum atomic E-state index is -3.50. The van der Waals surface area contributed by atoms with Crippen molar-refractivity contribution in [3.63, 3.8) is 0 Å². The fourth-order valence-corrected chi connectivity index (χ4v) is 6.95. The van der Waals surface area contributed by atoms with Gasteiger partial charge in [-0.15, -0.1) is 0 Å². The van der Waals surface area contributed by atoms with E-state index < -0.39 is 16.1 Å². The van der Waals surface area contributed by atoms with E-state index in [1.165, 1.54) is 4.31 Å². The van der Waals surface area contributed by atoms with Gasteiger partial charge in [0, 0.05) is 38.7 Å². The van der Waals surface area contributed by atoms with Gasteiger partial charge in [0.2, 0.25) is 21.8 Å². The van der Waals surface area contributed by atoms with E-state index >= 15 is 0 Å². The number of nitrogens with zero attached hydrogens (tertiary/aromatic N) is 3. The summed E-state index contributed by atoms with van der Waals surface area (Å²) in [5, 5.41) is 3.00. The lowest BCUT2D eigenvalue weighted by Crippen LogP contribution is -2.50. The van der Waals surface area contributed by atoms with Crippen LogP contribution in [0.1, 0.15) is 41.6 Å². The van der Waals surface area contributed by atoms with Gasteiger partial charge in [-0.1, -0.05) is 78.9 Å². The van der Waals surface area contributed by atoms with E-state index in [2.05, 4.69) is 10.3 Å². The predicted octanol–water partition coefficient (Wildman–Crippen LogP) is 4.76. The average Bonchev–Trinajstić information content (AvgIpc) is 3.62. The van der Waals surface area contributed by atoms with Crippen LogP contribution in [0.4, 0.5) is 0 Å². The van der Waals surface area contributed by atoms with Crippen LogP contribution in [0.5, 0.6) is 0 Å². The summed E-state index contributed by atoms with van der Waals surface area (Å²) in [6.45, 7) is 1.64. The van der Waals surface area contributed by atoms with Gasteiger partial charge in [0.15, 0.2) is 0 Å². The third-order valence-electron chi connectivity index (χ3n) is 7.89. The van der Waals surface area contributed by atoms with Gasteiger partial charge in [-0.3, -0.25) is 14.6 Å². The minimum Gasteiger partial charge on any atom is -0.349 e. The van der Waals surface area contributed by atoms with Gasteiger partial charge in [0.1, 0.15) is 6.04 Å². The molecule has 5 rings (SSSR count). The number of hydrogen-bond acceptors (Lipinski definition) is 5. The van der Waals surface area contributed by atoms with E-state index in [-0.39, 0.29) is 36.2 Å². The lowest BCUT2D eigenvalue weighted by atomic mass is 10.0. The molecule has 44 heavy (non-hydrogen) atoms. The number of pyridine rings is 1. The molecule has 0 spiro atoms. The molecule has 8 nitrogen and oxygen atoms in total. The molecule has 0 unspecified atom stereocenters. The smallest absolute Gasteiger partial charge is 0.243 e. The van der Waals surface area contributed by atoms with Crippen molar-refractivity contribution in [1.29, 1.82) is 0 Å². The maximum Gasteiger partial charge on any atom is 0.243 e. The summed E-state index contributed by atoms with van der Waals surface area (Å²) in [6, 6.07) is 31.0. The molecule has 228 valence electrons. The van der Waals surface area contributed by atoms with E-state index in [4.69, 9.17) is 0 Å². The summed E-state index contributed by atoms with van der Waals surface area (Å²) < 4.78 is 27.4. The Bertz CT molecular complexity index is 1610. The lowest BCUT2D eigenvalue weighted by Gasteiger charge is -2.31. The molecule has 1 fully saturated rings. The molecule has 0 radical (unpaired) electrons. The Kier molecular flexibility index (Phi) is 10.5. The van der Waals surface area contributed by atoms with Gasteiger partial charge in [0.25, 0.3) is 0 Å². The van der Waals surface area contributed by atoms with Crippen molar-refractivity contribution in [2.75, 3.05) is 13.1 Å². The van der Waals surface area contributed by atoms with Gasteiger partial charge in [-0.2, -0.15) is 4.31 Å². The molecule has 0 bridgehead atoms. The zero-order valence-electron chi connectivity index (χ0n) is 24.7. The monoisotopic (exact) mass is 610 g/mol. The van der Waals surface area contributed by atoms with Crippen LogP contribution in [0.15, 0.2) is 114 Å². The van der Waals surface area contributed by atoms with Crippen LogP contribution < -0.4 is 5.32 Å². The Labute approximate surface area is 259 Å². The standard InChI is InChI=1S/C35H38N4O4S/c40-34(21-18-28-16-19-32(20-17-28)44(42,43)38-23-9-10-24-38)39(27-30-13-5-2-6-14-30)33(25-29-11-3-1-4-12-29)35(41)37-26-31-15-7-8-22-36-31/h1-8,11-17,19-20,22,33H,9-10,18,21,23-27H2,(H,37,41)/t33-/m0/s1. The van der Waals surface area contributed by atoms with Crippen LogP contribution in [0.3, 0.4) is 0 Å². The van der Waals surface area contributed by atoms with Crippen LogP contribution in [-0.2, 0) is 45.5 Å². The van der Waals surface area contributed by atoms with Gasteiger partial charge >= 0.3 is 0 Å². The molecule has 0 saturated carbocycles. The maximum absolute atomic E-state index is 14.0. The number of amides is 2. The number of sulfonamides is 1. The predicted molar refractivity (Wildman–Crippen MR) is 170 cm³/mol. The molecule has 1 saturated heterocycles.